The van der Waals surface area contributed by atoms with Crippen LogP contribution in [0.2, 0.25) is 0 Å². The van der Waals surface area contributed by atoms with Gasteiger partial charge in [-0.25, -0.2) is 0 Å². The van der Waals surface area contributed by atoms with Gasteiger partial charge >= 0.3 is 0 Å². The van der Waals surface area contributed by atoms with Gasteiger partial charge < -0.3 is 20.4 Å². The van der Waals surface area contributed by atoms with E-state index in [1.165, 1.54) is 22.2 Å². The second-order valence-corrected chi connectivity index (χ2v) is 5.36. The average molecular weight is 414 g/mol. The molecule has 0 aliphatic carbocycles. The fourth-order valence-corrected chi connectivity index (χ4v) is 2.83. The molecular weight excluding hydrogens is 391 g/mol. The highest BCUT2D eigenvalue weighted by Crippen LogP contribution is 2.22. The number of ether oxygens (including phenoxy) is 1. The lowest BCUT2D eigenvalue weighted by Crippen LogP contribution is -2.44. The van der Waals surface area contributed by atoms with Crippen molar-refractivity contribution >= 4 is 40.8 Å². The van der Waals surface area contributed by atoms with Gasteiger partial charge in [0.25, 0.3) is 0 Å². The van der Waals surface area contributed by atoms with Crippen molar-refractivity contribution in [2.45, 2.75) is 13.3 Å². The predicted molar refractivity (Wildman–Crippen MR) is 101 cm³/mol. The number of aromatic amines is 1. The lowest BCUT2D eigenvalue weighted by atomic mass is 10.1. The second kappa shape index (κ2) is 7.82. The summed E-state index contributed by atoms with van der Waals surface area (Å²) in [4.78, 5) is 10.0. The van der Waals surface area contributed by atoms with E-state index in [1.807, 2.05) is 0 Å². The van der Waals surface area contributed by atoms with Gasteiger partial charge in [-0.1, -0.05) is 18.2 Å². The van der Waals surface area contributed by atoms with Crippen molar-refractivity contribution in [1.29, 1.82) is 0 Å². The first kappa shape index (κ1) is 17.1. The fraction of sp³-hybridized carbons (Fsp3) is 0.438. The van der Waals surface area contributed by atoms with E-state index in [2.05, 4.69) is 46.1 Å². The molecule has 5 nitrogen and oxygen atoms in total. The molecule has 2 heterocycles. The summed E-state index contributed by atoms with van der Waals surface area (Å²) in [6, 6.07) is 8.39. The molecule has 1 aliphatic rings. The number of aromatic nitrogens is 1. The molecule has 1 aromatic heterocycles. The number of para-hydroxylation sites is 1. The first-order chi connectivity index (χ1) is 10.3. The van der Waals surface area contributed by atoms with Crippen molar-refractivity contribution < 1.29 is 4.74 Å². The Bertz CT molecular complexity index is 647. The van der Waals surface area contributed by atoms with E-state index in [0.717, 1.165) is 32.7 Å². The number of hydrogen-bond donors (Lipinski definition) is 2. The van der Waals surface area contributed by atoms with Crippen LogP contribution in [0, 0.1) is 6.92 Å². The normalized spacial score (nSPS) is 15.9. The number of aliphatic imine (C=N–C) groups is 1. The molecule has 1 saturated heterocycles. The summed E-state index contributed by atoms with van der Waals surface area (Å²) >= 11 is 0. The van der Waals surface area contributed by atoms with Crippen LogP contribution < -0.4 is 5.73 Å². The van der Waals surface area contributed by atoms with Crippen LogP contribution >= 0.6 is 24.0 Å². The molecular formula is C16H23IN4O. The number of halogens is 1. The highest BCUT2D eigenvalue weighted by Gasteiger charge is 2.12. The number of H-pyrrole nitrogens is 1. The zero-order valence-corrected chi connectivity index (χ0v) is 15.2. The Hall–Kier alpha value is -1.28. The molecule has 1 aromatic carbocycles. The molecule has 0 amide bonds. The summed E-state index contributed by atoms with van der Waals surface area (Å²) in [6.45, 7) is 5.97. The van der Waals surface area contributed by atoms with E-state index in [-0.39, 0.29) is 24.0 Å². The van der Waals surface area contributed by atoms with E-state index in [4.69, 9.17) is 10.5 Å². The molecule has 0 atom stereocenters. The van der Waals surface area contributed by atoms with Gasteiger partial charge in [0, 0.05) is 36.2 Å². The summed E-state index contributed by atoms with van der Waals surface area (Å²) in [7, 11) is 0. The summed E-state index contributed by atoms with van der Waals surface area (Å²) < 4.78 is 5.32. The Balaban J connectivity index is 0.00000176. The zero-order valence-electron chi connectivity index (χ0n) is 12.8. The Morgan fingerprint density at radius 1 is 1.32 bits per heavy atom. The molecule has 0 radical (unpaired) electrons. The van der Waals surface area contributed by atoms with Crippen molar-refractivity contribution in [2.75, 3.05) is 32.8 Å². The van der Waals surface area contributed by atoms with Crippen molar-refractivity contribution in [3.05, 3.63) is 35.5 Å². The average Bonchev–Trinajstić information content (AvgIpc) is 2.84. The van der Waals surface area contributed by atoms with Crippen LogP contribution in [-0.4, -0.2) is 48.7 Å². The summed E-state index contributed by atoms with van der Waals surface area (Å²) in [5.41, 5.74) is 9.80. The minimum Gasteiger partial charge on any atom is -0.378 e. The second-order valence-electron chi connectivity index (χ2n) is 5.36. The number of hydrogen-bond acceptors (Lipinski definition) is 2. The van der Waals surface area contributed by atoms with Crippen molar-refractivity contribution in [3.8, 4) is 0 Å². The summed E-state index contributed by atoms with van der Waals surface area (Å²) in [5, 5.41) is 1.29. The molecule has 1 fully saturated rings. The van der Waals surface area contributed by atoms with Crippen LogP contribution in [0.5, 0.6) is 0 Å². The van der Waals surface area contributed by atoms with Gasteiger partial charge in [0.15, 0.2) is 5.96 Å². The number of nitrogens with two attached hydrogens (primary N) is 1. The van der Waals surface area contributed by atoms with Gasteiger partial charge in [-0.05, 0) is 25.0 Å². The molecule has 3 N–H and O–H groups in total. The number of benzene rings is 1. The van der Waals surface area contributed by atoms with Gasteiger partial charge in [0.2, 0.25) is 0 Å². The fourth-order valence-electron chi connectivity index (χ4n) is 2.83. The Morgan fingerprint density at radius 3 is 2.82 bits per heavy atom. The van der Waals surface area contributed by atoms with Crippen molar-refractivity contribution in [3.63, 3.8) is 0 Å². The molecule has 3 rings (SSSR count). The maximum absolute atomic E-state index is 6.05. The van der Waals surface area contributed by atoms with E-state index in [1.54, 1.807) is 0 Å². The predicted octanol–water partition coefficient (Wildman–Crippen LogP) is 2.28. The van der Waals surface area contributed by atoms with Gasteiger partial charge in [-0.15, -0.1) is 24.0 Å². The molecule has 0 unspecified atom stereocenters. The molecule has 0 saturated carbocycles. The number of nitrogens with zero attached hydrogens (tertiary/aromatic N) is 2. The number of rotatable bonds is 3. The third-order valence-electron chi connectivity index (χ3n) is 4.00. The zero-order chi connectivity index (χ0) is 14.7. The van der Waals surface area contributed by atoms with Crippen LogP contribution in [0.1, 0.15) is 11.3 Å². The number of morpholine rings is 1. The lowest BCUT2D eigenvalue weighted by molar-refractivity contribution is 0.0674. The van der Waals surface area contributed by atoms with E-state index >= 15 is 0 Å². The van der Waals surface area contributed by atoms with Crippen LogP contribution in [0.15, 0.2) is 29.3 Å². The Labute approximate surface area is 147 Å². The van der Waals surface area contributed by atoms with Crippen LogP contribution in [0.4, 0.5) is 0 Å². The van der Waals surface area contributed by atoms with Crippen molar-refractivity contribution in [1.82, 2.24) is 9.88 Å². The number of aryl methyl sites for hydroxylation is 1. The van der Waals surface area contributed by atoms with Gasteiger partial charge in [0.1, 0.15) is 0 Å². The monoisotopic (exact) mass is 414 g/mol. The third kappa shape index (κ3) is 3.73. The highest BCUT2D eigenvalue weighted by molar-refractivity contribution is 14.0. The smallest absolute Gasteiger partial charge is 0.191 e. The minimum absolute atomic E-state index is 0. The number of fused-ring (bicyclic) bond motifs is 1. The third-order valence-corrected chi connectivity index (χ3v) is 4.00. The van der Waals surface area contributed by atoms with Crippen molar-refractivity contribution in [2.24, 2.45) is 10.7 Å². The van der Waals surface area contributed by atoms with Gasteiger partial charge in [-0.2, -0.15) is 0 Å². The first-order valence-electron chi connectivity index (χ1n) is 7.44. The Morgan fingerprint density at radius 2 is 2.05 bits per heavy atom. The number of guanidine groups is 1. The largest absolute Gasteiger partial charge is 0.378 e. The molecule has 6 heteroatoms. The van der Waals surface area contributed by atoms with Crippen LogP contribution in [-0.2, 0) is 11.2 Å². The number of nitrogens with one attached hydrogen (secondary N) is 1. The van der Waals surface area contributed by atoms with Crippen LogP contribution in [0.25, 0.3) is 10.9 Å². The van der Waals surface area contributed by atoms with Gasteiger partial charge in [-0.3, -0.25) is 4.99 Å². The maximum atomic E-state index is 6.05. The molecule has 0 bridgehead atoms. The maximum Gasteiger partial charge on any atom is 0.191 e. The first-order valence-corrected chi connectivity index (χ1v) is 7.44. The SMILES string of the molecule is Cc1[nH]c2ccccc2c1CCN=C(N)N1CCOCC1.I. The minimum atomic E-state index is 0. The standard InChI is InChI=1S/C16H22N4O.HI/c1-12-13(14-4-2-3-5-15(14)19-12)6-7-18-16(17)20-8-10-21-11-9-20;/h2-5,19H,6-11H2,1H3,(H2,17,18);1H. The lowest BCUT2D eigenvalue weighted by Gasteiger charge is -2.27. The Kier molecular flexibility index (Phi) is 6.07. The topological polar surface area (TPSA) is 66.6 Å². The van der Waals surface area contributed by atoms with E-state index in [9.17, 15) is 0 Å². The highest BCUT2D eigenvalue weighted by atomic mass is 127. The molecule has 120 valence electrons. The quantitative estimate of drug-likeness (QED) is 0.460. The molecule has 1 aliphatic heterocycles. The molecule has 22 heavy (non-hydrogen) atoms. The molecule has 2 aromatic rings. The summed E-state index contributed by atoms with van der Waals surface area (Å²) in [6.07, 6.45) is 0.904. The van der Waals surface area contributed by atoms with Gasteiger partial charge in [0.05, 0.1) is 13.2 Å². The summed E-state index contributed by atoms with van der Waals surface area (Å²) in [5.74, 6) is 0.635. The van der Waals surface area contributed by atoms with E-state index in [0.29, 0.717) is 12.5 Å². The molecule has 0 spiro atoms. The van der Waals surface area contributed by atoms with Crippen LogP contribution in [0.3, 0.4) is 0 Å². The van der Waals surface area contributed by atoms with E-state index < -0.39 is 0 Å².